The number of benzene rings is 2. The van der Waals surface area contributed by atoms with Crippen molar-refractivity contribution in [3.05, 3.63) is 70.5 Å². The molecule has 3 aromatic rings. The van der Waals surface area contributed by atoms with Crippen LogP contribution in [-0.4, -0.2) is 31.8 Å². The van der Waals surface area contributed by atoms with Gasteiger partial charge in [-0.05, 0) is 56.5 Å². The lowest BCUT2D eigenvalue weighted by Gasteiger charge is -2.16. The van der Waals surface area contributed by atoms with Crippen LogP contribution >= 0.6 is 11.8 Å². The van der Waals surface area contributed by atoms with Crippen molar-refractivity contribution in [2.75, 3.05) is 5.32 Å². The normalized spacial score (nSPS) is 11.8. The molecule has 3 rings (SSSR count). The van der Waals surface area contributed by atoms with Crippen molar-refractivity contribution in [3.8, 4) is 0 Å². The minimum absolute atomic E-state index is 0.0662. The van der Waals surface area contributed by atoms with Gasteiger partial charge in [-0.2, -0.15) is 0 Å². The fourth-order valence-corrected chi connectivity index (χ4v) is 4.14. The zero-order valence-corrected chi connectivity index (χ0v) is 19.9. The van der Waals surface area contributed by atoms with Gasteiger partial charge < -0.3 is 15.2 Å². The number of nitrogens with one attached hydrogen (secondary N) is 2. The molecule has 0 fully saturated rings. The summed E-state index contributed by atoms with van der Waals surface area (Å²) in [5, 5.41) is 14.7. The first-order valence-corrected chi connectivity index (χ1v) is 11.4. The molecule has 0 aliphatic carbocycles. The molecular formula is C24H29N5O2S. The van der Waals surface area contributed by atoms with Gasteiger partial charge in [0.2, 0.25) is 5.91 Å². The van der Waals surface area contributed by atoms with Crippen molar-refractivity contribution in [2.45, 2.75) is 51.1 Å². The van der Waals surface area contributed by atoms with E-state index in [1.54, 1.807) is 6.07 Å². The quantitative estimate of drug-likeness (QED) is 0.502. The summed E-state index contributed by atoms with van der Waals surface area (Å²) in [5.74, 6) is 0.395. The summed E-state index contributed by atoms with van der Waals surface area (Å²) in [6.07, 6.45) is 0.646. The third-order valence-electron chi connectivity index (χ3n) is 5.39. The van der Waals surface area contributed by atoms with Gasteiger partial charge in [0.1, 0.15) is 0 Å². The van der Waals surface area contributed by atoms with Crippen molar-refractivity contribution in [1.82, 2.24) is 20.1 Å². The fraction of sp³-hybridized carbons (Fsp3) is 0.333. The molecule has 1 aromatic heterocycles. The number of thioether (sulfide) groups is 1. The summed E-state index contributed by atoms with van der Waals surface area (Å²) in [4.78, 5) is 25.3. The molecule has 0 saturated heterocycles. The Labute approximate surface area is 193 Å². The largest absolute Gasteiger partial charge is 0.345 e. The number of hydrogen-bond donors (Lipinski definition) is 2. The van der Waals surface area contributed by atoms with E-state index in [1.807, 2.05) is 75.7 Å². The molecule has 1 atom stereocenters. The van der Waals surface area contributed by atoms with Crippen molar-refractivity contribution >= 4 is 29.3 Å². The Hall–Kier alpha value is -3.13. The second kappa shape index (κ2) is 10.5. The summed E-state index contributed by atoms with van der Waals surface area (Å²) in [6, 6.07) is 13.3. The van der Waals surface area contributed by atoms with Gasteiger partial charge in [0.15, 0.2) is 11.0 Å². The van der Waals surface area contributed by atoms with Crippen LogP contribution < -0.4 is 10.6 Å². The highest BCUT2D eigenvalue weighted by Crippen LogP contribution is 2.26. The molecule has 1 unspecified atom stereocenters. The zero-order valence-electron chi connectivity index (χ0n) is 19.1. The van der Waals surface area contributed by atoms with Crippen LogP contribution in [0.2, 0.25) is 0 Å². The maximum Gasteiger partial charge on any atom is 0.251 e. The number of aryl methyl sites for hydroxylation is 2. The van der Waals surface area contributed by atoms with E-state index in [-0.39, 0.29) is 23.6 Å². The van der Waals surface area contributed by atoms with Gasteiger partial charge in [-0.3, -0.25) is 9.59 Å². The zero-order chi connectivity index (χ0) is 23.3. The van der Waals surface area contributed by atoms with Crippen LogP contribution in [0.15, 0.2) is 47.6 Å². The first kappa shape index (κ1) is 23.5. The summed E-state index contributed by atoms with van der Waals surface area (Å²) in [6.45, 7) is 8.19. The Bertz CT molecular complexity index is 1130. The lowest BCUT2D eigenvalue weighted by Crippen LogP contribution is -2.26. The summed E-state index contributed by atoms with van der Waals surface area (Å²) in [7, 11) is 1.84. The predicted molar refractivity (Wildman–Crippen MR) is 128 cm³/mol. The number of nitrogens with zero attached hydrogens (tertiary/aromatic N) is 3. The molecule has 0 aliphatic rings. The highest BCUT2D eigenvalue weighted by atomic mass is 32.2. The third-order valence-corrected chi connectivity index (χ3v) is 6.78. The van der Waals surface area contributed by atoms with Gasteiger partial charge in [-0.1, -0.05) is 48.5 Å². The fourth-order valence-electron chi connectivity index (χ4n) is 3.20. The van der Waals surface area contributed by atoms with Crippen molar-refractivity contribution in [1.29, 1.82) is 0 Å². The molecule has 0 bridgehead atoms. The molecule has 2 amide bonds. The minimum atomic E-state index is -0.312. The molecule has 168 valence electrons. The Morgan fingerprint density at radius 3 is 2.56 bits per heavy atom. The number of carbonyl (C=O) groups excluding carboxylic acids is 2. The van der Waals surface area contributed by atoms with Crippen LogP contribution in [0.5, 0.6) is 0 Å². The maximum atomic E-state index is 12.9. The van der Waals surface area contributed by atoms with Crippen molar-refractivity contribution in [3.63, 3.8) is 0 Å². The Morgan fingerprint density at radius 1 is 1.09 bits per heavy atom. The van der Waals surface area contributed by atoms with Crippen LogP contribution in [-0.2, 0) is 18.4 Å². The molecule has 1 heterocycles. The van der Waals surface area contributed by atoms with Crippen molar-refractivity contribution < 1.29 is 9.59 Å². The molecule has 32 heavy (non-hydrogen) atoms. The van der Waals surface area contributed by atoms with E-state index >= 15 is 0 Å². The van der Waals surface area contributed by atoms with Crippen LogP contribution in [0, 0.1) is 20.8 Å². The van der Waals surface area contributed by atoms with E-state index < -0.39 is 0 Å². The van der Waals surface area contributed by atoms with Gasteiger partial charge in [-0.15, -0.1) is 10.2 Å². The lowest BCUT2D eigenvalue weighted by molar-refractivity contribution is -0.115. The topological polar surface area (TPSA) is 88.9 Å². The average molecular weight is 452 g/mol. The second-order valence-corrected chi connectivity index (χ2v) is 8.93. The van der Waals surface area contributed by atoms with E-state index in [9.17, 15) is 9.59 Å². The number of amides is 2. The molecule has 0 spiro atoms. The van der Waals surface area contributed by atoms with Gasteiger partial charge >= 0.3 is 0 Å². The molecule has 2 aromatic carbocycles. The number of carbonyl (C=O) groups is 2. The Morgan fingerprint density at radius 2 is 1.84 bits per heavy atom. The molecular weight excluding hydrogens is 422 g/mol. The average Bonchev–Trinajstić information content (AvgIpc) is 3.12. The molecule has 7 nitrogen and oxygen atoms in total. The highest BCUT2D eigenvalue weighted by molar-refractivity contribution is 8.00. The molecule has 0 saturated carbocycles. The monoisotopic (exact) mass is 451 g/mol. The first-order valence-electron chi connectivity index (χ1n) is 10.6. The standard InChI is InChI=1S/C24H29N5O2S/c1-6-20(23(31)26-19-12-8-10-16(3)17(19)4)32-24-28-27-21(29(24)5)14-25-22(30)18-11-7-9-15(2)13-18/h7-13,20H,6,14H2,1-5H3,(H,25,30)(H,26,31). The van der Waals surface area contributed by atoms with Crippen LogP contribution in [0.25, 0.3) is 0 Å². The highest BCUT2D eigenvalue weighted by Gasteiger charge is 2.22. The Kier molecular flexibility index (Phi) is 7.69. The Balaban J connectivity index is 1.63. The van der Waals surface area contributed by atoms with E-state index in [4.69, 9.17) is 0 Å². The van der Waals surface area contributed by atoms with E-state index in [1.165, 1.54) is 11.8 Å². The van der Waals surface area contributed by atoms with Crippen LogP contribution in [0.1, 0.15) is 46.2 Å². The summed E-state index contributed by atoms with van der Waals surface area (Å²) in [5.41, 5.74) is 4.65. The van der Waals surface area contributed by atoms with Crippen LogP contribution in [0.3, 0.4) is 0 Å². The van der Waals surface area contributed by atoms with Gasteiger partial charge in [0.25, 0.3) is 5.91 Å². The van der Waals surface area contributed by atoms with Crippen LogP contribution in [0.4, 0.5) is 5.69 Å². The smallest absolute Gasteiger partial charge is 0.251 e. The summed E-state index contributed by atoms with van der Waals surface area (Å²) >= 11 is 1.37. The number of hydrogen-bond acceptors (Lipinski definition) is 5. The van der Waals surface area contributed by atoms with E-state index in [0.717, 1.165) is 22.4 Å². The SMILES string of the molecule is CCC(Sc1nnc(CNC(=O)c2cccc(C)c2)n1C)C(=O)Nc1cccc(C)c1C. The minimum Gasteiger partial charge on any atom is -0.345 e. The van der Waals surface area contributed by atoms with Gasteiger partial charge in [0.05, 0.1) is 11.8 Å². The molecule has 0 aliphatic heterocycles. The third kappa shape index (κ3) is 5.56. The summed E-state index contributed by atoms with van der Waals surface area (Å²) < 4.78 is 1.81. The van der Waals surface area contributed by atoms with Gasteiger partial charge in [0, 0.05) is 18.3 Å². The second-order valence-electron chi connectivity index (χ2n) is 7.76. The maximum absolute atomic E-state index is 12.9. The predicted octanol–water partition coefficient (Wildman–Crippen LogP) is 4.18. The number of aromatic nitrogens is 3. The first-order chi connectivity index (χ1) is 15.3. The van der Waals surface area contributed by atoms with E-state index in [0.29, 0.717) is 23.0 Å². The lowest BCUT2D eigenvalue weighted by atomic mass is 10.1. The number of anilines is 1. The molecule has 0 radical (unpaired) electrons. The number of rotatable bonds is 8. The molecule has 2 N–H and O–H groups in total. The van der Waals surface area contributed by atoms with Gasteiger partial charge in [-0.25, -0.2) is 0 Å². The van der Waals surface area contributed by atoms with E-state index in [2.05, 4.69) is 20.8 Å². The molecule has 8 heteroatoms. The van der Waals surface area contributed by atoms with Crippen molar-refractivity contribution in [2.24, 2.45) is 7.05 Å².